The lowest BCUT2D eigenvalue weighted by Gasteiger charge is -2.28. The second kappa shape index (κ2) is 57.5. The number of alkyl halides is 1. The topological polar surface area (TPSA) is 438 Å². The van der Waals surface area contributed by atoms with Crippen LogP contribution in [0.2, 0.25) is 45.2 Å². The van der Waals surface area contributed by atoms with E-state index in [0.29, 0.717) is 144 Å². The van der Waals surface area contributed by atoms with Gasteiger partial charge >= 0.3 is 47.9 Å². The van der Waals surface area contributed by atoms with Gasteiger partial charge in [-0.1, -0.05) is 180 Å². The van der Waals surface area contributed by atoms with E-state index in [9.17, 15) is 53.1 Å². The quantitative estimate of drug-likeness (QED) is 0.0121. The lowest BCUT2D eigenvalue weighted by atomic mass is 9.98. The molecular weight excluding hydrogens is 2040 g/mol. The Morgan fingerprint density at radius 3 is 1.43 bits per heavy atom. The van der Waals surface area contributed by atoms with Gasteiger partial charge in [-0.15, -0.1) is 12.4 Å². The van der Waals surface area contributed by atoms with Crippen LogP contribution < -0.4 is 11.1 Å². The number of aliphatic hydroxyl groups excluding tert-OH is 1. The van der Waals surface area contributed by atoms with Crippen LogP contribution >= 0.6 is 133 Å². The van der Waals surface area contributed by atoms with Gasteiger partial charge in [-0.3, -0.25) is 14.4 Å². The number of aromatic carboxylic acids is 1. The number of alkyl carbamates (subject to hydrolysis) is 1. The summed E-state index contributed by atoms with van der Waals surface area (Å²) in [5.41, 5.74) is 27.2. The molecule has 9 aromatic carbocycles. The summed E-state index contributed by atoms with van der Waals surface area (Å²) in [7, 11) is 3.90. The van der Waals surface area contributed by atoms with Crippen LogP contribution in [0.4, 0.5) is 4.79 Å². The van der Waals surface area contributed by atoms with Crippen LogP contribution in [0.5, 0.6) is 0 Å². The monoisotopic (exact) mass is 2120 g/mol. The van der Waals surface area contributed by atoms with Crippen molar-refractivity contribution in [2.45, 2.75) is 122 Å². The van der Waals surface area contributed by atoms with Crippen molar-refractivity contribution >= 4 is 192 Å². The molecule has 135 heavy (non-hydrogen) atoms. The van der Waals surface area contributed by atoms with Crippen LogP contribution in [0.15, 0.2) is 169 Å². The van der Waals surface area contributed by atoms with Gasteiger partial charge < -0.3 is 87.9 Å². The third-order valence-electron chi connectivity index (χ3n) is 18.9. The number of carboxylic acids is 2. The molecule has 722 valence electrons. The number of amides is 1. The van der Waals surface area contributed by atoms with Gasteiger partial charge in [0.2, 0.25) is 11.9 Å². The molecule has 6 aliphatic heterocycles. The number of nitrogens with one attached hydrogen (secondary N) is 1. The number of halogens is 11. The Kier molecular flexibility index (Phi) is 48.6. The summed E-state index contributed by atoms with van der Waals surface area (Å²) in [6.07, 6.45) is -2.37. The molecule has 42 heteroatoms. The fourth-order valence-corrected chi connectivity index (χ4v) is 14.7. The fraction of sp³-hybridized carbons (Fsp3) is 0.312. The molecule has 0 saturated carbocycles. The number of benzene rings is 9. The Morgan fingerprint density at radius 2 is 0.919 bits per heavy atom. The summed E-state index contributed by atoms with van der Waals surface area (Å²) in [5, 5.41) is 38.8. The number of Topliss-reactive ketones (excluding diaryl/α,β-unsaturated/α-hetero) is 2. The van der Waals surface area contributed by atoms with E-state index in [4.69, 9.17) is 169 Å². The van der Waals surface area contributed by atoms with Gasteiger partial charge in [0.25, 0.3) is 0 Å². The number of aliphatic carboxylic acids is 1. The highest BCUT2D eigenvalue weighted by atomic mass is 79.9. The standard InChI is InChI=1S/C14H18ClNO3.C12H9ClO5.C12H13ClO5.C10H9ClO5.C9H8BrClO2.C9H8ClN3O.C9H10ClNO.C9H9ClO2.C9H7ClO2.ClH/c1-14(2,3)19-13(17)16-12-8-18-7-9-4-5-10(15)6-11(9)12;1-6(14)18-12(16)11-10(15)9-4-8(13)3-2-7(9)5-17-11;1-16-11(14)7-18-6-8-3-4-9(13)5-10(8)12(15)17-2;11-7-2-1-6(4-16-5-9(12)13)8(3-7)10(14)15;1-13-9(12)8-4-7(11)3-2-6(8)5-10;10-7-2-1-6-4-14-5-9(12-13-11)8(6)3-7;3*10-7-2-1-6-4-12-5-9(11)8(6)3-7;/h4-6,12H,7-8H2,1-3H3,(H,16,17);2-4,11H,5H2,1H3;3-5H,6-7H2,1-2H3;1-3H,4-5H2,(H,12,13)(H,14,15);2-4H,5H2,1H3;1-3,9H,4-5H2;1-3,9H,4-5,11H2;1-3,9,11H,4-5H2;1-3H,4-5H2;1H. The minimum absolute atomic E-state index is 0. The molecule has 9 aromatic rings. The number of nitrogens with two attached hydrogens (primary N) is 1. The van der Waals surface area contributed by atoms with E-state index in [1.807, 2.05) is 93.6 Å². The number of aliphatic hydroxyl groups is 1. The Bertz CT molecular complexity index is 5650. The van der Waals surface area contributed by atoms with Crippen molar-refractivity contribution < 1.29 is 125 Å². The number of carbonyl (C=O) groups excluding carboxylic acids is 8. The number of rotatable bonds is 15. The summed E-state index contributed by atoms with van der Waals surface area (Å²) in [6, 6.07) is 46.1. The fourth-order valence-electron chi connectivity index (χ4n) is 12.6. The zero-order valence-corrected chi connectivity index (χ0v) is 82.3. The zero-order valence-electron chi connectivity index (χ0n) is 73.1. The summed E-state index contributed by atoms with van der Waals surface area (Å²) < 4.78 is 64.6. The zero-order chi connectivity index (χ0) is 98.5. The minimum atomic E-state index is -1.40. The Morgan fingerprint density at radius 1 is 0.504 bits per heavy atom. The molecule has 0 radical (unpaired) electrons. The average molecular weight is 2130 g/mol. The van der Waals surface area contributed by atoms with Gasteiger partial charge in [-0.2, -0.15) is 0 Å². The summed E-state index contributed by atoms with van der Waals surface area (Å²) in [5.74, 6) is -5.91. The first-order chi connectivity index (χ1) is 63.7. The highest BCUT2D eigenvalue weighted by molar-refractivity contribution is 9.08. The first-order valence-electron chi connectivity index (χ1n) is 40.0. The van der Waals surface area contributed by atoms with Gasteiger partial charge in [-0.05, 0) is 208 Å². The first-order valence-corrected chi connectivity index (χ1v) is 44.5. The molecule has 0 aliphatic carbocycles. The van der Waals surface area contributed by atoms with Crippen molar-refractivity contribution in [3.8, 4) is 0 Å². The summed E-state index contributed by atoms with van der Waals surface area (Å²) in [6.45, 7) is 10.8. The van der Waals surface area contributed by atoms with E-state index in [-0.39, 0.29) is 80.9 Å². The second-order valence-corrected chi connectivity index (χ2v) is 34.2. The van der Waals surface area contributed by atoms with Crippen molar-refractivity contribution in [2.75, 3.05) is 67.6 Å². The highest BCUT2D eigenvalue weighted by Crippen LogP contribution is 2.34. The van der Waals surface area contributed by atoms with Crippen LogP contribution in [0.1, 0.15) is 176 Å². The molecule has 0 saturated heterocycles. The normalized spacial score (nSPS) is 15.9. The maximum absolute atomic E-state index is 12.0. The third kappa shape index (κ3) is 37.7. The molecule has 31 nitrogen and oxygen atoms in total. The number of ketones is 2. The summed E-state index contributed by atoms with van der Waals surface area (Å²) in [4.78, 5) is 115. The van der Waals surface area contributed by atoms with E-state index in [2.05, 4.69) is 50.2 Å². The molecule has 15 rings (SSSR count). The first kappa shape index (κ1) is 114. The van der Waals surface area contributed by atoms with Gasteiger partial charge in [0.1, 0.15) is 31.5 Å². The maximum Gasteiger partial charge on any atom is 0.408 e. The van der Waals surface area contributed by atoms with Crippen LogP contribution in [0, 0.1) is 0 Å². The number of hydrogen-bond donors (Lipinski definition) is 5. The molecular formula is C93H92BrCl10N5O26. The van der Waals surface area contributed by atoms with E-state index in [1.165, 1.54) is 51.7 Å². The molecule has 0 bridgehead atoms. The number of nitrogens with zero attached hydrogens (tertiary/aromatic N) is 3. The van der Waals surface area contributed by atoms with Crippen LogP contribution in [-0.4, -0.2) is 154 Å². The van der Waals surface area contributed by atoms with Crippen molar-refractivity contribution in [1.82, 2.24) is 5.32 Å². The predicted octanol–water partition coefficient (Wildman–Crippen LogP) is 20.9. The maximum atomic E-state index is 12.0. The molecule has 5 atom stereocenters. The van der Waals surface area contributed by atoms with E-state index in [0.717, 1.165) is 67.6 Å². The van der Waals surface area contributed by atoms with Crippen molar-refractivity contribution in [2.24, 2.45) is 10.8 Å². The minimum Gasteiger partial charge on any atom is -0.480 e. The molecule has 6 N–H and O–H groups in total. The molecule has 1 amide bonds. The van der Waals surface area contributed by atoms with E-state index >= 15 is 0 Å². The van der Waals surface area contributed by atoms with Gasteiger partial charge in [0, 0.05) is 73.5 Å². The van der Waals surface area contributed by atoms with E-state index < -0.39 is 72.1 Å². The third-order valence-corrected chi connectivity index (χ3v) is 21.6. The second-order valence-electron chi connectivity index (χ2n) is 29.7. The SMILES string of the molecule is CC(=O)OC(=O)C1OCc2ccc(Cl)cc2C1=O.CC(C)(C)OC(=O)NC1COCc2ccc(Cl)cc21.COC(=O)COCc1ccc(Cl)cc1C(=O)OC.COC(=O)c1cc(Cl)ccc1CBr.Cl.NC1COCc2ccc(Cl)cc21.O=C(O)COCc1ccc(Cl)cc1C(=O)O.O=C1COCc2ccc(Cl)cc21.OC1COCc2ccc(Cl)cc21.[N-]=[N+]=NC1COCc2ccc(Cl)cc21. The van der Waals surface area contributed by atoms with E-state index in [1.54, 1.807) is 60.7 Å². The molecule has 0 spiro atoms. The van der Waals surface area contributed by atoms with Crippen LogP contribution in [0.25, 0.3) is 10.4 Å². The number of methoxy groups -OCH3 is 3. The smallest absolute Gasteiger partial charge is 0.408 e. The van der Waals surface area contributed by atoms with Crippen molar-refractivity contribution in [3.63, 3.8) is 0 Å². The Hall–Kier alpha value is -9.63. The Balaban J connectivity index is 0.000000234. The molecule has 0 fully saturated rings. The predicted molar refractivity (Wildman–Crippen MR) is 510 cm³/mol. The number of carboxylic acid groups (broad SMARTS) is 2. The van der Waals surface area contributed by atoms with Gasteiger partial charge in [0.15, 0.2) is 5.78 Å². The van der Waals surface area contributed by atoms with Gasteiger partial charge in [-0.25, -0.2) is 33.6 Å². The van der Waals surface area contributed by atoms with Crippen LogP contribution in [0.3, 0.4) is 0 Å². The van der Waals surface area contributed by atoms with Crippen molar-refractivity contribution in [3.05, 3.63) is 320 Å². The lowest BCUT2D eigenvalue weighted by molar-refractivity contribution is -0.165. The number of azide groups is 1. The van der Waals surface area contributed by atoms with Gasteiger partial charge in [0.05, 0.1) is 135 Å². The average Bonchev–Trinajstić information content (AvgIpc) is 0.783. The molecule has 5 unspecified atom stereocenters. The molecule has 6 aliphatic rings. The van der Waals surface area contributed by atoms with Crippen molar-refractivity contribution in [1.29, 1.82) is 0 Å². The highest BCUT2D eigenvalue weighted by Gasteiger charge is 2.37. The number of hydrogen-bond acceptors (Lipinski definition) is 26. The number of carbonyl (C=O) groups is 10. The summed E-state index contributed by atoms with van der Waals surface area (Å²) >= 11 is 55.5. The molecule has 6 heterocycles. The number of esters is 5. The van der Waals surface area contributed by atoms with Crippen LogP contribution in [-0.2, 0) is 139 Å². The lowest BCUT2D eigenvalue weighted by Crippen LogP contribution is -2.38. The Labute approximate surface area is 835 Å². The molecule has 0 aromatic heterocycles. The largest absolute Gasteiger partial charge is 0.480 e. The number of fused-ring (bicyclic) bond motifs is 6. The number of ether oxygens (including phenoxy) is 13.